The largest absolute Gasteiger partial charge is 0.394 e. The lowest BCUT2D eigenvalue weighted by molar-refractivity contribution is -0.145. The number of unbranched alkanes of at least 4 members (excludes halogenated alkanes) is 2. The molecule has 3 N–H and O–H groups in total. The van der Waals surface area contributed by atoms with Gasteiger partial charge < -0.3 is 25.4 Å². The summed E-state index contributed by atoms with van der Waals surface area (Å²) in [5.74, 6) is -2.08. The molecule has 0 aromatic heterocycles. The molecule has 3 fully saturated rings. The SMILES string of the molecule is CCCCCNC(=O)C1N([C@H](CO)c2ccccc2)C(=O)[C@@H]2[C@@H](C(=O)NCCC)[C@H]3CCC12O3. The smallest absolute Gasteiger partial charge is 0.245 e. The van der Waals surface area contributed by atoms with Crippen molar-refractivity contribution in [3.05, 3.63) is 35.9 Å². The van der Waals surface area contributed by atoms with Crippen molar-refractivity contribution in [1.29, 1.82) is 0 Å². The quantitative estimate of drug-likeness (QED) is 0.428. The highest BCUT2D eigenvalue weighted by Gasteiger charge is 2.75. The molecule has 3 heterocycles. The zero-order chi connectivity index (χ0) is 24.3. The Kier molecular flexibility index (Phi) is 7.57. The number of hydrogen-bond donors (Lipinski definition) is 3. The summed E-state index contributed by atoms with van der Waals surface area (Å²) in [6.07, 6.45) is 4.50. The zero-order valence-electron chi connectivity index (χ0n) is 20.2. The maximum Gasteiger partial charge on any atom is 0.245 e. The lowest BCUT2D eigenvalue weighted by atomic mass is 9.70. The lowest BCUT2D eigenvalue weighted by Crippen LogP contribution is -2.56. The topological polar surface area (TPSA) is 108 Å². The molecule has 3 aliphatic rings. The third kappa shape index (κ3) is 4.11. The van der Waals surface area contributed by atoms with Crippen LogP contribution < -0.4 is 10.6 Å². The number of carbonyl (C=O) groups excluding carboxylic acids is 3. The van der Waals surface area contributed by atoms with Gasteiger partial charge in [0.25, 0.3) is 0 Å². The highest BCUT2D eigenvalue weighted by molar-refractivity contribution is 5.99. The first-order chi connectivity index (χ1) is 16.5. The Bertz CT molecular complexity index is 894. The molecule has 34 heavy (non-hydrogen) atoms. The molecule has 3 saturated heterocycles. The van der Waals surface area contributed by atoms with Crippen molar-refractivity contribution in [3.63, 3.8) is 0 Å². The van der Waals surface area contributed by atoms with Crippen LogP contribution in [0.5, 0.6) is 0 Å². The third-order valence-electron chi connectivity index (χ3n) is 7.61. The van der Waals surface area contributed by atoms with Gasteiger partial charge in [-0.1, -0.05) is 57.0 Å². The van der Waals surface area contributed by atoms with E-state index in [1.54, 1.807) is 0 Å². The molecule has 3 amide bonds. The van der Waals surface area contributed by atoms with E-state index in [4.69, 9.17) is 4.74 Å². The van der Waals surface area contributed by atoms with E-state index in [2.05, 4.69) is 17.6 Å². The summed E-state index contributed by atoms with van der Waals surface area (Å²) in [7, 11) is 0. The second kappa shape index (κ2) is 10.4. The van der Waals surface area contributed by atoms with Crippen LogP contribution in [0.15, 0.2) is 30.3 Å². The Morgan fingerprint density at radius 3 is 2.53 bits per heavy atom. The zero-order valence-corrected chi connectivity index (χ0v) is 20.2. The number of likely N-dealkylation sites (tertiary alicyclic amines) is 1. The number of aliphatic hydroxyl groups excluding tert-OH is 1. The fourth-order valence-electron chi connectivity index (χ4n) is 6.11. The van der Waals surface area contributed by atoms with Crippen molar-refractivity contribution >= 4 is 17.7 Å². The summed E-state index contributed by atoms with van der Waals surface area (Å²) in [4.78, 5) is 42.2. The molecule has 3 aliphatic heterocycles. The molecular formula is C26H37N3O5. The van der Waals surface area contributed by atoms with Gasteiger partial charge in [-0.3, -0.25) is 14.4 Å². The van der Waals surface area contributed by atoms with Gasteiger partial charge >= 0.3 is 0 Å². The minimum atomic E-state index is -1.05. The Morgan fingerprint density at radius 1 is 1.12 bits per heavy atom. The van der Waals surface area contributed by atoms with E-state index in [1.807, 2.05) is 37.3 Å². The fourth-order valence-corrected chi connectivity index (χ4v) is 6.11. The molecule has 1 aromatic rings. The minimum absolute atomic E-state index is 0.184. The molecule has 2 unspecified atom stereocenters. The molecule has 1 spiro atoms. The van der Waals surface area contributed by atoms with Crippen LogP contribution in [0.1, 0.15) is 64.0 Å². The molecule has 8 heteroatoms. The molecule has 0 saturated carbocycles. The number of ether oxygens (including phenoxy) is 1. The van der Waals surface area contributed by atoms with Crippen LogP contribution >= 0.6 is 0 Å². The summed E-state index contributed by atoms with van der Waals surface area (Å²) in [6.45, 7) is 4.80. The summed E-state index contributed by atoms with van der Waals surface area (Å²) in [6, 6.07) is 7.68. The van der Waals surface area contributed by atoms with E-state index in [0.717, 1.165) is 31.2 Å². The van der Waals surface area contributed by atoms with E-state index >= 15 is 0 Å². The molecular weight excluding hydrogens is 434 g/mol. The number of rotatable bonds is 11. The average molecular weight is 472 g/mol. The van der Waals surface area contributed by atoms with Crippen LogP contribution in [0.2, 0.25) is 0 Å². The number of nitrogens with zero attached hydrogens (tertiary/aromatic N) is 1. The number of aliphatic hydroxyl groups is 1. The number of hydrogen-bond acceptors (Lipinski definition) is 5. The van der Waals surface area contributed by atoms with Crippen molar-refractivity contribution in [2.75, 3.05) is 19.7 Å². The predicted octanol–water partition coefficient (Wildman–Crippen LogP) is 1.93. The highest BCUT2D eigenvalue weighted by atomic mass is 16.5. The van der Waals surface area contributed by atoms with Gasteiger partial charge in [0, 0.05) is 13.1 Å². The van der Waals surface area contributed by atoms with Gasteiger partial charge in [-0.15, -0.1) is 0 Å². The van der Waals surface area contributed by atoms with Gasteiger partial charge in [0.05, 0.1) is 30.6 Å². The summed E-state index contributed by atoms with van der Waals surface area (Å²) >= 11 is 0. The molecule has 6 atom stereocenters. The van der Waals surface area contributed by atoms with Gasteiger partial charge in [-0.25, -0.2) is 0 Å². The first-order valence-electron chi connectivity index (χ1n) is 12.7. The Balaban J connectivity index is 1.70. The number of nitrogens with one attached hydrogen (secondary N) is 2. The van der Waals surface area contributed by atoms with E-state index < -0.39 is 29.5 Å². The second-order valence-corrected chi connectivity index (χ2v) is 9.70. The van der Waals surface area contributed by atoms with Crippen LogP contribution in [0, 0.1) is 11.8 Å². The van der Waals surface area contributed by atoms with Gasteiger partial charge in [0.2, 0.25) is 17.7 Å². The molecule has 8 nitrogen and oxygen atoms in total. The summed E-state index contributed by atoms with van der Waals surface area (Å²) < 4.78 is 6.42. The minimum Gasteiger partial charge on any atom is -0.394 e. The molecule has 1 aromatic carbocycles. The highest BCUT2D eigenvalue weighted by Crippen LogP contribution is 2.59. The molecule has 2 bridgehead atoms. The fraction of sp³-hybridized carbons (Fsp3) is 0.654. The molecule has 4 rings (SSSR count). The van der Waals surface area contributed by atoms with Crippen LogP contribution in [0.25, 0.3) is 0 Å². The maximum absolute atomic E-state index is 14.0. The first-order valence-corrected chi connectivity index (χ1v) is 12.7. The Labute approximate surface area is 201 Å². The maximum atomic E-state index is 14.0. The van der Waals surface area contributed by atoms with Gasteiger partial charge in [0.1, 0.15) is 11.6 Å². The van der Waals surface area contributed by atoms with Crippen molar-refractivity contribution in [3.8, 4) is 0 Å². The average Bonchev–Trinajstić information content (AvgIpc) is 3.49. The first kappa shape index (κ1) is 24.7. The van der Waals surface area contributed by atoms with Crippen molar-refractivity contribution in [1.82, 2.24) is 15.5 Å². The standard InChI is InChI=1S/C26H37N3O5/c1-3-5-9-15-28-24(32)22-26-13-12-19(34-26)20(23(31)27-14-4-2)21(26)25(33)29(22)18(16-30)17-10-7-6-8-11-17/h6-8,10-11,18-22,30H,3-5,9,12-16H2,1-2H3,(H,27,31)(H,28,32)/t18-,19-,20+,21+,22?,26?/m1/s1. The number of amides is 3. The van der Waals surface area contributed by atoms with Crippen molar-refractivity contribution in [2.24, 2.45) is 11.8 Å². The van der Waals surface area contributed by atoms with E-state index in [-0.39, 0.29) is 30.4 Å². The Hall–Kier alpha value is -2.45. The molecule has 186 valence electrons. The van der Waals surface area contributed by atoms with Crippen molar-refractivity contribution in [2.45, 2.75) is 76.2 Å². The van der Waals surface area contributed by atoms with Crippen LogP contribution in [-0.4, -0.2) is 65.2 Å². The third-order valence-corrected chi connectivity index (χ3v) is 7.61. The molecule has 0 radical (unpaired) electrons. The van der Waals surface area contributed by atoms with Gasteiger partial charge in [-0.2, -0.15) is 0 Å². The Morgan fingerprint density at radius 2 is 1.85 bits per heavy atom. The van der Waals surface area contributed by atoms with Gasteiger partial charge in [0.15, 0.2) is 0 Å². The number of benzene rings is 1. The molecule has 0 aliphatic carbocycles. The second-order valence-electron chi connectivity index (χ2n) is 9.70. The van der Waals surface area contributed by atoms with E-state index in [1.165, 1.54) is 4.90 Å². The predicted molar refractivity (Wildman–Crippen MR) is 127 cm³/mol. The van der Waals surface area contributed by atoms with Crippen LogP contribution in [0.4, 0.5) is 0 Å². The van der Waals surface area contributed by atoms with Crippen molar-refractivity contribution < 1.29 is 24.2 Å². The van der Waals surface area contributed by atoms with Gasteiger partial charge in [-0.05, 0) is 31.2 Å². The van der Waals surface area contributed by atoms with E-state index in [0.29, 0.717) is 25.9 Å². The summed E-state index contributed by atoms with van der Waals surface area (Å²) in [5.41, 5.74) is -0.299. The van der Waals surface area contributed by atoms with Crippen LogP contribution in [-0.2, 0) is 19.1 Å². The lowest BCUT2D eigenvalue weighted by Gasteiger charge is -2.36. The summed E-state index contributed by atoms with van der Waals surface area (Å²) in [5, 5.41) is 16.3. The van der Waals surface area contributed by atoms with Crippen LogP contribution in [0.3, 0.4) is 0 Å². The normalized spacial score (nSPS) is 30.3. The monoisotopic (exact) mass is 471 g/mol. The number of fused-ring (bicyclic) bond motifs is 1. The van der Waals surface area contributed by atoms with E-state index in [9.17, 15) is 19.5 Å². The number of carbonyl (C=O) groups is 3.